The molecule has 0 atom stereocenters. The topological polar surface area (TPSA) is 3.24 Å². The summed E-state index contributed by atoms with van der Waals surface area (Å²) in [5, 5.41) is 5.22. The zero-order valence-electron chi connectivity index (χ0n) is 31.0. The van der Waals surface area contributed by atoms with Crippen LogP contribution in [0, 0.1) is 0 Å². The summed E-state index contributed by atoms with van der Waals surface area (Å²) >= 11 is 3.74. The lowest BCUT2D eigenvalue weighted by Crippen LogP contribution is -2.10. The summed E-state index contributed by atoms with van der Waals surface area (Å²) in [6, 6.07) is 77.7. The Hall–Kier alpha value is -6.78. The summed E-state index contributed by atoms with van der Waals surface area (Å²) in [5.74, 6) is 0. The van der Waals surface area contributed by atoms with Crippen molar-refractivity contribution < 1.29 is 0 Å². The molecule has 0 unspecified atom stereocenters. The molecule has 2 aromatic heterocycles. The van der Waals surface area contributed by atoms with Gasteiger partial charge in [0.05, 0.1) is 0 Å². The Morgan fingerprint density at radius 3 is 1.44 bits per heavy atom. The van der Waals surface area contributed by atoms with E-state index in [2.05, 4.69) is 217 Å². The van der Waals surface area contributed by atoms with Gasteiger partial charge in [0.2, 0.25) is 0 Å². The van der Waals surface area contributed by atoms with Crippen molar-refractivity contribution in [3.8, 4) is 44.5 Å². The van der Waals surface area contributed by atoms with Crippen molar-refractivity contribution in [3.05, 3.63) is 212 Å². The fraction of sp³-hybridized carbons (Fsp3) is 0. The number of thiophene rings is 2. The van der Waals surface area contributed by atoms with Gasteiger partial charge >= 0.3 is 0 Å². The van der Waals surface area contributed by atoms with Crippen LogP contribution in [0.5, 0.6) is 0 Å². The Kier molecular flexibility index (Phi) is 8.28. The number of hydrogen-bond donors (Lipinski definition) is 0. The lowest BCUT2D eigenvalue weighted by atomic mass is 9.96. The van der Waals surface area contributed by atoms with Crippen LogP contribution in [0.1, 0.15) is 0 Å². The number of rotatable bonds is 7. The molecule has 0 amide bonds. The van der Waals surface area contributed by atoms with Crippen LogP contribution < -0.4 is 4.90 Å². The summed E-state index contributed by atoms with van der Waals surface area (Å²) in [4.78, 5) is 2.44. The van der Waals surface area contributed by atoms with E-state index in [1.165, 1.54) is 84.9 Å². The fourth-order valence-corrected chi connectivity index (χ4v) is 10.6. The van der Waals surface area contributed by atoms with Gasteiger partial charge in [-0.2, -0.15) is 0 Å². The highest BCUT2D eigenvalue weighted by Gasteiger charge is 2.19. The molecule has 11 aromatic rings. The summed E-state index contributed by atoms with van der Waals surface area (Å²) < 4.78 is 5.22. The zero-order chi connectivity index (χ0) is 37.7. The molecule has 0 fully saturated rings. The molecular formula is C54H35NS2. The number of hydrogen-bond acceptors (Lipinski definition) is 3. The molecule has 3 heteroatoms. The highest BCUT2D eigenvalue weighted by Crippen LogP contribution is 2.46. The maximum atomic E-state index is 2.44. The van der Waals surface area contributed by atoms with Gasteiger partial charge < -0.3 is 4.90 Å². The van der Waals surface area contributed by atoms with E-state index in [4.69, 9.17) is 0 Å². The number of nitrogens with zero attached hydrogens (tertiary/aromatic N) is 1. The van der Waals surface area contributed by atoms with E-state index in [1.807, 2.05) is 22.7 Å². The summed E-state index contributed by atoms with van der Waals surface area (Å²) in [6.07, 6.45) is 0. The molecule has 0 N–H and O–H groups in total. The standard InChI is InChI=1S/C54H35NS2/c1-3-12-36(13-4-1)38-22-24-39(25-23-38)40-26-28-43(29-27-40)55(44-30-31-49-47-16-7-9-20-51(47)56-53(49)35-44)45-33-41(37-14-5-2-6-15-37)32-42(34-45)46-18-11-19-50-48-17-8-10-21-52(48)57-54(46)50/h1-35H. The Bertz CT molecular complexity index is 3210. The van der Waals surface area contributed by atoms with Crippen LogP contribution in [-0.4, -0.2) is 0 Å². The molecule has 0 saturated heterocycles. The summed E-state index contributed by atoms with van der Waals surface area (Å²) in [6.45, 7) is 0. The fourth-order valence-electron chi connectivity index (χ4n) is 8.26. The van der Waals surface area contributed by atoms with Crippen LogP contribution >= 0.6 is 22.7 Å². The molecule has 0 radical (unpaired) electrons. The van der Waals surface area contributed by atoms with Crippen LogP contribution in [0.15, 0.2) is 212 Å². The van der Waals surface area contributed by atoms with Crippen LogP contribution in [0.25, 0.3) is 84.9 Å². The Labute approximate surface area is 340 Å². The third-order valence-corrected chi connectivity index (χ3v) is 13.4. The molecule has 0 saturated carbocycles. The van der Waals surface area contributed by atoms with Gasteiger partial charge in [0, 0.05) is 57.4 Å². The number of anilines is 3. The molecule has 0 aliphatic rings. The number of fused-ring (bicyclic) bond motifs is 6. The Morgan fingerprint density at radius 1 is 0.263 bits per heavy atom. The SMILES string of the molecule is c1ccc(-c2ccc(-c3ccc(N(c4cc(-c5ccccc5)cc(-c5cccc6c5sc5ccccc56)c4)c4ccc5c(c4)sc4ccccc45)cc3)cc2)cc1. The molecule has 57 heavy (non-hydrogen) atoms. The molecule has 9 aromatic carbocycles. The lowest BCUT2D eigenvalue weighted by Gasteiger charge is -2.27. The quantitative estimate of drug-likeness (QED) is 0.156. The zero-order valence-corrected chi connectivity index (χ0v) is 32.6. The average molecular weight is 762 g/mol. The average Bonchev–Trinajstić information content (AvgIpc) is 3.86. The van der Waals surface area contributed by atoms with E-state index in [1.54, 1.807) is 0 Å². The van der Waals surface area contributed by atoms with Gasteiger partial charge in [-0.3, -0.25) is 0 Å². The van der Waals surface area contributed by atoms with Crippen LogP contribution in [0.2, 0.25) is 0 Å². The minimum absolute atomic E-state index is 1.11. The predicted molar refractivity (Wildman–Crippen MR) is 249 cm³/mol. The van der Waals surface area contributed by atoms with E-state index in [0.717, 1.165) is 17.1 Å². The van der Waals surface area contributed by atoms with Gasteiger partial charge in [0.25, 0.3) is 0 Å². The first-order valence-electron chi connectivity index (χ1n) is 19.3. The van der Waals surface area contributed by atoms with Crippen molar-refractivity contribution in [1.82, 2.24) is 0 Å². The van der Waals surface area contributed by atoms with Gasteiger partial charge in [-0.05, 0) is 99.1 Å². The highest BCUT2D eigenvalue weighted by atomic mass is 32.1. The van der Waals surface area contributed by atoms with Crippen molar-refractivity contribution in [1.29, 1.82) is 0 Å². The van der Waals surface area contributed by atoms with Gasteiger partial charge in [-0.25, -0.2) is 0 Å². The molecule has 268 valence electrons. The molecule has 0 spiro atoms. The van der Waals surface area contributed by atoms with Gasteiger partial charge in [0.1, 0.15) is 0 Å². The third kappa shape index (κ3) is 6.09. The van der Waals surface area contributed by atoms with E-state index >= 15 is 0 Å². The monoisotopic (exact) mass is 761 g/mol. The Balaban J connectivity index is 1.09. The van der Waals surface area contributed by atoms with E-state index in [0.29, 0.717) is 0 Å². The summed E-state index contributed by atoms with van der Waals surface area (Å²) in [5.41, 5.74) is 13.0. The molecule has 0 bridgehead atoms. The van der Waals surface area contributed by atoms with Gasteiger partial charge in [0.15, 0.2) is 0 Å². The van der Waals surface area contributed by atoms with Gasteiger partial charge in [-0.1, -0.05) is 158 Å². The smallest absolute Gasteiger partial charge is 0.0476 e. The lowest BCUT2D eigenvalue weighted by molar-refractivity contribution is 1.29. The van der Waals surface area contributed by atoms with Crippen molar-refractivity contribution in [2.24, 2.45) is 0 Å². The second-order valence-electron chi connectivity index (χ2n) is 14.5. The van der Waals surface area contributed by atoms with Gasteiger partial charge in [-0.15, -0.1) is 22.7 Å². The van der Waals surface area contributed by atoms with Crippen molar-refractivity contribution in [2.45, 2.75) is 0 Å². The van der Waals surface area contributed by atoms with Crippen molar-refractivity contribution >= 4 is 80.1 Å². The maximum absolute atomic E-state index is 2.44. The van der Waals surface area contributed by atoms with Crippen molar-refractivity contribution in [2.75, 3.05) is 4.90 Å². The maximum Gasteiger partial charge on any atom is 0.0476 e. The third-order valence-electron chi connectivity index (χ3n) is 11.1. The first kappa shape index (κ1) is 33.5. The van der Waals surface area contributed by atoms with E-state index in [-0.39, 0.29) is 0 Å². The molecule has 11 rings (SSSR count). The van der Waals surface area contributed by atoms with Crippen LogP contribution in [0.4, 0.5) is 17.1 Å². The van der Waals surface area contributed by atoms with E-state index < -0.39 is 0 Å². The second-order valence-corrected chi connectivity index (χ2v) is 16.7. The molecule has 0 aliphatic heterocycles. The minimum Gasteiger partial charge on any atom is -0.310 e. The summed E-state index contributed by atoms with van der Waals surface area (Å²) in [7, 11) is 0. The second kappa shape index (κ2) is 14.1. The molecular weight excluding hydrogens is 727 g/mol. The van der Waals surface area contributed by atoms with Crippen molar-refractivity contribution in [3.63, 3.8) is 0 Å². The molecule has 2 heterocycles. The van der Waals surface area contributed by atoms with E-state index in [9.17, 15) is 0 Å². The first-order chi connectivity index (χ1) is 28.2. The number of benzene rings is 9. The van der Waals surface area contributed by atoms with Crippen LogP contribution in [-0.2, 0) is 0 Å². The molecule has 1 nitrogen and oxygen atoms in total. The normalized spacial score (nSPS) is 11.5. The minimum atomic E-state index is 1.11. The first-order valence-corrected chi connectivity index (χ1v) is 21.0. The largest absolute Gasteiger partial charge is 0.310 e. The van der Waals surface area contributed by atoms with Crippen LogP contribution in [0.3, 0.4) is 0 Å². The molecule has 0 aliphatic carbocycles. The Morgan fingerprint density at radius 2 is 0.754 bits per heavy atom. The predicted octanol–water partition coefficient (Wildman–Crippen LogP) is 16.6. The highest BCUT2D eigenvalue weighted by molar-refractivity contribution is 7.26.